The van der Waals surface area contributed by atoms with E-state index in [0.717, 1.165) is 42.9 Å². The van der Waals surface area contributed by atoms with Crippen molar-refractivity contribution in [3.8, 4) is 0 Å². The molecule has 0 unspecified atom stereocenters. The molecule has 1 atom stereocenters. The lowest BCUT2D eigenvalue weighted by molar-refractivity contribution is 0.0788. The normalized spacial score (nSPS) is 23.9. The van der Waals surface area contributed by atoms with E-state index in [9.17, 15) is 4.79 Å². The Morgan fingerprint density at radius 2 is 1.96 bits per heavy atom. The van der Waals surface area contributed by atoms with Gasteiger partial charge in [0.2, 0.25) is 5.89 Å². The third kappa shape index (κ3) is 2.34. The summed E-state index contributed by atoms with van der Waals surface area (Å²) in [6.45, 7) is 1.40. The molecule has 0 radical (unpaired) electrons. The van der Waals surface area contributed by atoms with Gasteiger partial charge < -0.3 is 9.42 Å². The van der Waals surface area contributed by atoms with E-state index in [1.165, 1.54) is 12.8 Å². The molecule has 126 valence electrons. The molecule has 1 aliphatic heterocycles. The van der Waals surface area contributed by atoms with Crippen molar-refractivity contribution in [3.63, 3.8) is 0 Å². The third-order valence-corrected chi connectivity index (χ3v) is 5.40. The number of likely N-dealkylation sites (tertiary alicyclic amines) is 1. The zero-order valence-electron chi connectivity index (χ0n) is 13.8. The Balaban J connectivity index is 1.32. The van der Waals surface area contributed by atoms with Gasteiger partial charge in [0.15, 0.2) is 5.82 Å². The van der Waals surface area contributed by atoms with Gasteiger partial charge in [-0.15, -0.1) is 0 Å². The monoisotopic (exact) mass is 327 g/mol. The second-order valence-corrected chi connectivity index (χ2v) is 7.34. The van der Waals surface area contributed by atoms with Gasteiger partial charge in [-0.25, -0.2) is 0 Å². The second kappa shape index (κ2) is 5.16. The van der Waals surface area contributed by atoms with Crippen molar-refractivity contribution in [2.45, 2.75) is 49.9 Å². The SMILES string of the molecule is Cn1ncc(C(=O)N2CC[C@@H](c3nc(C4CC4)no3)C2)c1C1CC1. The minimum atomic E-state index is 0.0921. The number of rotatable bonds is 4. The summed E-state index contributed by atoms with van der Waals surface area (Å²) < 4.78 is 7.30. The summed E-state index contributed by atoms with van der Waals surface area (Å²) in [4.78, 5) is 19.4. The molecule has 1 amide bonds. The summed E-state index contributed by atoms with van der Waals surface area (Å²) in [6.07, 6.45) is 7.26. The topological polar surface area (TPSA) is 77.1 Å². The summed E-state index contributed by atoms with van der Waals surface area (Å²) in [5.41, 5.74) is 1.86. The fourth-order valence-electron chi connectivity index (χ4n) is 3.69. The molecule has 7 heteroatoms. The first-order valence-electron chi connectivity index (χ1n) is 8.85. The van der Waals surface area contributed by atoms with Gasteiger partial charge in [-0.3, -0.25) is 9.48 Å². The van der Waals surface area contributed by atoms with Crippen molar-refractivity contribution in [1.82, 2.24) is 24.8 Å². The molecule has 2 aromatic heterocycles. The van der Waals surface area contributed by atoms with Crippen LogP contribution in [-0.2, 0) is 7.05 Å². The first-order chi connectivity index (χ1) is 11.7. The largest absolute Gasteiger partial charge is 0.339 e. The molecule has 2 saturated carbocycles. The van der Waals surface area contributed by atoms with Crippen LogP contribution in [0.5, 0.6) is 0 Å². The van der Waals surface area contributed by atoms with Gasteiger partial charge >= 0.3 is 0 Å². The minimum Gasteiger partial charge on any atom is -0.339 e. The van der Waals surface area contributed by atoms with Crippen LogP contribution in [0.2, 0.25) is 0 Å². The third-order valence-electron chi connectivity index (χ3n) is 5.40. The lowest BCUT2D eigenvalue weighted by Crippen LogP contribution is -2.29. The highest BCUT2D eigenvalue weighted by Gasteiger charge is 2.37. The maximum absolute atomic E-state index is 12.9. The number of amides is 1. The molecule has 5 rings (SSSR count). The Morgan fingerprint density at radius 1 is 1.17 bits per heavy atom. The minimum absolute atomic E-state index is 0.0921. The molecule has 7 nitrogen and oxygen atoms in total. The predicted octanol–water partition coefficient (Wildman–Crippen LogP) is 2.19. The molecular formula is C17H21N5O2. The smallest absolute Gasteiger partial charge is 0.257 e. The van der Waals surface area contributed by atoms with E-state index in [1.54, 1.807) is 6.20 Å². The number of aryl methyl sites for hydroxylation is 1. The predicted molar refractivity (Wildman–Crippen MR) is 84.7 cm³/mol. The molecule has 0 aromatic carbocycles. The van der Waals surface area contributed by atoms with Crippen molar-refractivity contribution in [2.75, 3.05) is 13.1 Å². The maximum atomic E-state index is 12.9. The molecule has 3 fully saturated rings. The quantitative estimate of drug-likeness (QED) is 0.860. The summed E-state index contributed by atoms with van der Waals surface area (Å²) >= 11 is 0. The molecule has 24 heavy (non-hydrogen) atoms. The van der Waals surface area contributed by atoms with Crippen molar-refractivity contribution in [3.05, 3.63) is 29.2 Å². The fourth-order valence-corrected chi connectivity index (χ4v) is 3.69. The van der Waals surface area contributed by atoms with Gasteiger partial charge in [-0.05, 0) is 32.1 Å². The number of carbonyl (C=O) groups is 1. The van der Waals surface area contributed by atoms with E-state index >= 15 is 0 Å². The van der Waals surface area contributed by atoms with Crippen molar-refractivity contribution in [2.24, 2.45) is 7.05 Å². The first kappa shape index (κ1) is 14.2. The summed E-state index contributed by atoms with van der Waals surface area (Å²) in [5, 5.41) is 8.40. The van der Waals surface area contributed by atoms with Crippen LogP contribution in [0.25, 0.3) is 0 Å². The number of hydrogen-bond acceptors (Lipinski definition) is 5. The van der Waals surface area contributed by atoms with Gasteiger partial charge in [0, 0.05) is 32.0 Å². The Labute approximate surface area is 140 Å². The number of aromatic nitrogens is 4. The lowest BCUT2D eigenvalue weighted by Gasteiger charge is -2.16. The van der Waals surface area contributed by atoms with Crippen LogP contribution < -0.4 is 0 Å². The van der Waals surface area contributed by atoms with Crippen LogP contribution in [0, 0.1) is 0 Å². The lowest BCUT2D eigenvalue weighted by atomic mass is 10.1. The van der Waals surface area contributed by atoms with Gasteiger partial charge in [0.25, 0.3) is 5.91 Å². The summed E-state index contributed by atoms with van der Waals surface area (Å²) in [5.74, 6) is 2.80. The van der Waals surface area contributed by atoms with Crippen LogP contribution >= 0.6 is 0 Å². The maximum Gasteiger partial charge on any atom is 0.257 e. The fraction of sp³-hybridized carbons (Fsp3) is 0.647. The molecule has 2 aliphatic carbocycles. The van der Waals surface area contributed by atoms with E-state index in [4.69, 9.17) is 4.52 Å². The zero-order chi connectivity index (χ0) is 16.3. The number of nitrogens with zero attached hydrogens (tertiary/aromatic N) is 5. The van der Waals surface area contributed by atoms with Crippen LogP contribution in [0.4, 0.5) is 0 Å². The van der Waals surface area contributed by atoms with E-state index in [-0.39, 0.29) is 11.8 Å². The van der Waals surface area contributed by atoms with Crippen LogP contribution in [0.1, 0.15) is 77.6 Å². The second-order valence-electron chi connectivity index (χ2n) is 7.34. The van der Waals surface area contributed by atoms with E-state index in [1.807, 2.05) is 16.6 Å². The molecule has 1 saturated heterocycles. The van der Waals surface area contributed by atoms with Crippen LogP contribution in [0.15, 0.2) is 10.7 Å². The number of carbonyl (C=O) groups excluding carboxylic acids is 1. The first-order valence-corrected chi connectivity index (χ1v) is 8.85. The Kier molecular flexibility index (Phi) is 3.05. The number of hydrogen-bond donors (Lipinski definition) is 0. The standard InChI is InChI=1S/C17H21N5O2/c1-21-14(10-2-3-10)13(8-18-21)17(23)22-7-6-12(9-22)16-19-15(20-24-16)11-4-5-11/h8,10-12H,2-7,9H2,1H3/t12-/m1/s1. The highest BCUT2D eigenvalue weighted by atomic mass is 16.5. The molecule has 0 bridgehead atoms. The molecular weight excluding hydrogens is 306 g/mol. The van der Waals surface area contributed by atoms with Crippen molar-refractivity contribution >= 4 is 5.91 Å². The van der Waals surface area contributed by atoms with Gasteiger partial charge in [0.1, 0.15) is 0 Å². The zero-order valence-corrected chi connectivity index (χ0v) is 13.8. The van der Waals surface area contributed by atoms with E-state index in [2.05, 4.69) is 15.2 Å². The Hall–Kier alpha value is -2.18. The average molecular weight is 327 g/mol. The average Bonchev–Trinajstić information content (AvgIpc) is 3.47. The van der Waals surface area contributed by atoms with Gasteiger partial charge in [-0.1, -0.05) is 5.16 Å². The molecule has 0 spiro atoms. The van der Waals surface area contributed by atoms with Crippen molar-refractivity contribution < 1.29 is 9.32 Å². The van der Waals surface area contributed by atoms with Crippen molar-refractivity contribution in [1.29, 1.82) is 0 Å². The molecule has 3 heterocycles. The van der Waals surface area contributed by atoms with E-state index < -0.39 is 0 Å². The molecule has 2 aromatic rings. The summed E-state index contributed by atoms with van der Waals surface area (Å²) in [6, 6.07) is 0. The summed E-state index contributed by atoms with van der Waals surface area (Å²) in [7, 11) is 1.93. The molecule has 0 N–H and O–H groups in total. The Morgan fingerprint density at radius 3 is 2.71 bits per heavy atom. The van der Waals surface area contributed by atoms with Gasteiger partial charge in [-0.2, -0.15) is 10.1 Å². The molecule has 3 aliphatic rings. The van der Waals surface area contributed by atoms with E-state index in [0.29, 0.717) is 24.3 Å². The Bertz CT molecular complexity index is 787. The van der Waals surface area contributed by atoms with Gasteiger partial charge in [0.05, 0.1) is 23.4 Å². The van der Waals surface area contributed by atoms with Crippen LogP contribution in [-0.4, -0.2) is 43.8 Å². The van der Waals surface area contributed by atoms with Crippen LogP contribution in [0.3, 0.4) is 0 Å². The highest BCUT2D eigenvalue weighted by molar-refractivity contribution is 5.95. The highest BCUT2D eigenvalue weighted by Crippen LogP contribution is 2.42.